The maximum Gasteiger partial charge on any atom is 0.224 e. The largest absolute Gasteiger partial charge is 0.397 e. The summed E-state index contributed by atoms with van der Waals surface area (Å²) in [6.07, 6.45) is 6.11. The van der Waals surface area contributed by atoms with Crippen LogP contribution < -0.4 is 16.4 Å². The summed E-state index contributed by atoms with van der Waals surface area (Å²) in [5.74, 6) is -0.0395. The third-order valence-corrected chi connectivity index (χ3v) is 10.5. The van der Waals surface area contributed by atoms with Crippen molar-refractivity contribution < 1.29 is 29.3 Å². The fourth-order valence-electron chi connectivity index (χ4n) is 7.44. The second kappa shape index (κ2) is 19.7. The van der Waals surface area contributed by atoms with Crippen LogP contribution in [0.15, 0.2) is 97.1 Å². The first kappa shape index (κ1) is 39.1. The van der Waals surface area contributed by atoms with E-state index >= 15 is 0 Å². The Morgan fingerprint density at radius 1 is 0.796 bits per heavy atom. The second-order valence-corrected chi connectivity index (χ2v) is 14.4. The molecule has 0 aliphatic carbocycles. The molecule has 4 aromatic rings. The van der Waals surface area contributed by atoms with Gasteiger partial charge < -0.3 is 36.1 Å². The van der Waals surface area contributed by atoms with E-state index in [2.05, 4.69) is 45.9 Å². The summed E-state index contributed by atoms with van der Waals surface area (Å²) in [5.41, 5.74) is 13.0. The first-order valence-corrected chi connectivity index (χ1v) is 19.3. The number of anilines is 2. The number of amides is 2. The smallest absolute Gasteiger partial charge is 0.224 e. The Kier molecular flexibility index (Phi) is 14.2. The Labute approximate surface area is 318 Å². The topological polar surface area (TPSA) is 146 Å². The van der Waals surface area contributed by atoms with Crippen LogP contribution in [0.25, 0.3) is 11.1 Å². The highest BCUT2D eigenvalue weighted by Crippen LogP contribution is 2.39. The van der Waals surface area contributed by atoms with Crippen molar-refractivity contribution in [3.63, 3.8) is 0 Å². The van der Waals surface area contributed by atoms with Gasteiger partial charge in [-0.25, -0.2) is 0 Å². The number of aliphatic hydroxyl groups is 2. The quantitative estimate of drug-likeness (QED) is 0.0575. The molecule has 54 heavy (non-hydrogen) atoms. The van der Waals surface area contributed by atoms with Crippen LogP contribution in [-0.2, 0) is 32.2 Å². The van der Waals surface area contributed by atoms with Crippen molar-refractivity contribution >= 4 is 23.2 Å². The highest BCUT2D eigenvalue weighted by Gasteiger charge is 2.35. The molecule has 2 saturated heterocycles. The minimum Gasteiger partial charge on any atom is -0.397 e. The summed E-state index contributed by atoms with van der Waals surface area (Å²) >= 11 is 0. The molecule has 0 aromatic heterocycles. The van der Waals surface area contributed by atoms with Crippen molar-refractivity contribution in [2.75, 3.05) is 30.7 Å². The number of carbonyl (C=O) groups excluding carboxylic acids is 2. The fraction of sp³-hybridized carbons (Fsp3) is 0.409. The van der Waals surface area contributed by atoms with E-state index < -0.39 is 6.29 Å². The third kappa shape index (κ3) is 10.8. The molecule has 10 heteroatoms. The molecule has 0 spiro atoms. The molecule has 2 fully saturated rings. The van der Waals surface area contributed by atoms with Gasteiger partial charge >= 0.3 is 0 Å². The van der Waals surface area contributed by atoms with Crippen molar-refractivity contribution in [1.82, 2.24) is 10.2 Å². The number of para-hydroxylation sites is 2. The average molecular weight is 735 g/mol. The number of nitrogens with one attached hydrogen (secondary N) is 2. The van der Waals surface area contributed by atoms with Crippen LogP contribution in [0.1, 0.15) is 92.4 Å². The van der Waals surface area contributed by atoms with Crippen LogP contribution in [-0.4, -0.2) is 58.8 Å². The molecule has 4 atom stereocenters. The molecule has 0 bridgehead atoms. The number of unbranched alkanes of at least 4 members (excludes halogenated alkanes) is 3. The molecule has 2 aliphatic rings. The first-order chi connectivity index (χ1) is 26.4. The zero-order valence-electron chi connectivity index (χ0n) is 31.0. The van der Waals surface area contributed by atoms with Crippen LogP contribution in [0.5, 0.6) is 0 Å². The Morgan fingerprint density at radius 2 is 1.50 bits per heavy atom. The zero-order valence-corrected chi connectivity index (χ0v) is 31.0. The normalized spacial score (nSPS) is 20.1. The molecular formula is C44H54N4O6. The lowest BCUT2D eigenvalue weighted by atomic mass is 9.97. The molecule has 2 amide bonds. The number of benzene rings is 4. The Hall–Kier alpha value is -4.58. The third-order valence-electron chi connectivity index (χ3n) is 10.5. The van der Waals surface area contributed by atoms with Gasteiger partial charge in [-0.05, 0) is 72.2 Å². The summed E-state index contributed by atoms with van der Waals surface area (Å²) in [6.45, 7) is 2.27. The van der Waals surface area contributed by atoms with Crippen molar-refractivity contribution in [2.45, 2.75) is 95.5 Å². The van der Waals surface area contributed by atoms with Gasteiger partial charge in [0.05, 0.1) is 36.8 Å². The van der Waals surface area contributed by atoms with Gasteiger partial charge in [0.1, 0.15) is 0 Å². The molecule has 4 aromatic carbocycles. The van der Waals surface area contributed by atoms with E-state index in [0.717, 1.165) is 85.0 Å². The van der Waals surface area contributed by atoms with E-state index in [-0.39, 0.29) is 43.3 Å². The average Bonchev–Trinajstić information content (AvgIpc) is 3.66. The van der Waals surface area contributed by atoms with Crippen LogP contribution in [0.4, 0.5) is 11.4 Å². The molecular weight excluding hydrogens is 681 g/mol. The number of hydrogen-bond acceptors (Lipinski definition) is 8. The number of aliphatic hydroxyl groups excluding tert-OH is 2. The highest BCUT2D eigenvalue weighted by molar-refractivity contribution is 5.93. The van der Waals surface area contributed by atoms with E-state index in [1.807, 2.05) is 54.6 Å². The van der Waals surface area contributed by atoms with Gasteiger partial charge in [-0.3, -0.25) is 14.5 Å². The van der Waals surface area contributed by atoms with Crippen molar-refractivity contribution in [1.29, 1.82) is 0 Å². The minimum atomic E-state index is -0.559. The molecule has 6 N–H and O–H groups in total. The van der Waals surface area contributed by atoms with Crippen molar-refractivity contribution in [2.24, 2.45) is 0 Å². The highest BCUT2D eigenvalue weighted by atomic mass is 16.7. The van der Waals surface area contributed by atoms with Gasteiger partial charge in [0.15, 0.2) is 6.29 Å². The van der Waals surface area contributed by atoms with Gasteiger partial charge in [-0.1, -0.05) is 97.8 Å². The lowest BCUT2D eigenvalue weighted by Gasteiger charge is -2.38. The minimum absolute atomic E-state index is 0.00350. The predicted octanol–water partition coefficient (Wildman–Crippen LogP) is 7.03. The summed E-state index contributed by atoms with van der Waals surface area (Å²) in [5, 5.41) is 25.4. The number of likely N-dealkylation sites (tertiary alicyclic amines) is 1. The maximum absolute atomic E-state index is 12.8. The van der Waals surface area contributed by atoms with Gasteiger partial charge in [-0.15, -0.1) is 0 Å². The molecule has 0 saturated carbocycles. The molecule has 10 nitrogen and oxygen atoms in total. The fourth-order valence-corrected chi connectivity index (χ4v) is 7.44. The monoisotopic (exact) mass is 734 g/mol. The van der Waals surface area contributed by atoms with Crippen molar-refractivity contribution in [3.8, 4) is 11.1 Å². The SMILES string of the molecule is Nc1ccccc1NC(=O)CCCCCCC(=O)NCc1ccccc1-c1ccc([C@H]2O[C@@H](CN3CCC[C@H]3CO)C[C@@H](c3ccc(CO)cc3)O2)cc1. The van der Waals surface area contributed by atoms with Crippen molar-refractivity contribution in [3.05, 3.63) is 119 Å². The zero-order chi connectivity index (χ0) is 37.7. The van der Waals surface area contributed by atoms with E-state index in [1.165, 1.54) is 0 Å². The van der Waals surface area contributed by atoms with E-state index in [0.29, 0.717) is 37.2 Å². The predicted molar refractivity (Wildman–Crippen MR) is 211 cm³/mol. The van der Waals surface area contributed by atoms with Crippen LogP contribution >= 0.6 is 0 Å². The molecule has 2 aliphatic heterocycles. The number of carbonyl (C=O) groups is 2. The first-order valence-electron chi connectivity index (χ1n) is 19.3. The van der Waals surface area contributed by atoms with E-state index in [4.69, 9.17) is 15.2 Å². The van der Waals surface area contributed by atoms with Gasteiger partial charge in [-0.2, -0.15) is 0 Å². The Bertz CT molecular complexity index is 1800. The molecule has 6 rings (SSSR count). The molecule has 0 radical (unpaired) electrons. The standard InChI is InChI=1S/C44H54N4O6/c45-39-13-7-8-14-40(39)47-43(52)16-4-2-1-3-15-42(51)46-27-35-10-5-6-12-38(35)32-21-23-34(24-22-32)44-53-37(28-48-25-9-11-36(48)30-50)26-41(54-44)33-19-17-31(29-49)18-20-33/h5-8,10,12-14,17-24,36-37,41,44,49-50H,1-4,9,11,15-16,25-30,45H2,(H,46,51)(H,47,52)/t36-,37+,41-,44-/m0/s1. The lowest BCUT2D eigenvalue weighted by Crippen LogP contribution is -2.42. The number of nitrogens with zero attached hydrogens (tertiary/aromatic N) is 1. The van der Waals surface area contributed by atoms with Gasteiger partial charge in [0.2, 0.25) is 11.8 Å². The molecule has 286 valence electrons. The van der Waals surface area contributed by atoms with Crippen LogP contribution in [0, 0.1) is 0 Å². The number of rotatable bonds is 17. The summed E-state index contributed by atoms with van der Waals surface area (Å²) in [6, 6.07) is 31.7. The van der Waals surface area contributed by atoms with Crippen LogP contribution in [0.3, 0.4) is 0 Å². The number of nitrogens with two attached hydrogens (primary N) is 1. The van der Waals surface area contributed by atoms with E-state index in [9.17, 15) is 19.8 Å². The Balaban J connectivity index is 1.01. The molecule has 2 heterocycles. The van der Waals surface area contributed by atoms with Gasteiger partial charge in [0.25, 0.3) is 0 Å². The summed E-state index contributed by atoms with van der Waals surface area (Å²) in [7, 11) is 0. The summed E-state index contributed by atoms with van der Waals surface area (Å²) in [4.78, 5) is 27.3. The number of ether oxygens (including phenoxy) is 2. The van der Waals surface area contributed by atoms with Gasteiger partial charge in [0, 0.05) is 44.0 Å². The maximum atomic E-state index is 12.8. The van der Waals surface area contributed by atoms with Crippen LogP contribution in [0.2, 0.25) is 0 Å². The summed E-state index contributed by atoms with van der Waals surface area (Å²) < 4.78 is 13.2. The number of nitrogen functional groups attached to an aromatic ring is 1. The molecule has 0 unspecified atom stereocenters. The second-order valence-electron chi connectivity index (χ2n) is 14.4. The van der Waals surface area contributed by atoms with E-state index in [1.54, 1.807) is 12.1 Å². The Morgan fingerprint density at radius 3 is 2.24 bits per heavy atom. The number of hydrogen-bond donors (Lipinski definition) is 5. The lowest BCUT2D eigenvalue weighted by molar-refractivity contribution is -0.253.